The second-order valence-corrected chi connectivity index (χ2v) is 33.6. The number of thiazole rings is 2. The lowest BCUT2D eigenvalue weighted by molar-refractivity contribution is -0.124. The van der Waals surface area contributed by atoms with Gasteiger partial charge in [-0.25, -0.2) is 9.97 Å². The monoisotopic (exact) mass is 1300 g/mol. The molecule has 91 heavy (non-hydrogen) atoms. The van der Waals surface area contributed by atoms with Crippen LogP contribution in [0.25, 0.3) is 63.4 Å². The standard InChI is InChI=1S/C80H113N5O2S4/c1-15-22-27-29-30-33-35-55(34-32-28-23-16-2)52-83-73(68-51-82-76(91-68)67-45-46-70(89-67)80(12,13)14)71-72(77(83)86)74(84(78(71)87)53-56(36-31-24-17-3)47-57(21-7)54(8)20-6)69-50-81-75(90-69)66-44-43-65(88-66)58-39-41-61-62-42-40-59(79(9,10)11)49-64(62)85(63(61)48-58)60(37-25-18-4)38-26-19-5/h39-46,48-51,54-57,60H,15-38,47,52-53H2,1-14H3. The van der Waals surface area contributed by atoms with Crippen molar-refractivity contribution < 1.29 is 9.59 Å². The average molecular weight is 1310 g/mol. The van der Waals surface area contributed by atoms with Crippen molar-refractivity contribution in [3.05, 3.63) is 104 Å². The van der Waals surface area contributed by atoms with Crippen LogP contribution in [0.5, 0.6) is 0 Å². The van der Waals surface area contributed by atoms with Gasteiger partial charge in [-0.1, -0.05) is 243 Å². The van der Waals surface area contributed by atoms with E-state index in [1.165, 1.54) is 139 Å². The van der Waals surface area contributed by atoms with E-state index in [1.807, 2.05) is 12.4 Å². The molecule has 4 atom stereocenters. The van der Waals surface area contributed by atoms with E-state index < -0.39 is 0 Å². The Labute approximate surface area is 566 Å². The van der Waals surface area contributed by atoms with Crippen LogP contribution in [-0.4, -0.2) is 49.2 Å². The first-order chi connectivity index (χ1) is 43.9. The Balaban J connectivity index is 1.17. The van der Waals surface area contributed by atoms with Gasteiger partial charge in [0, 0.05) is 57.6 Å². The van der Waals surface area contributed by atoms with Crippen LogP contribution in [0.3, 0.4) is 0 Å². The van der Waals surface area contributed by atoms with Gasteiger partial charge in [-0.05, 0) is 121 Å². The molecule has 0 fully saturated rings. The molecule has 0 saturated heterocycles. The lowest BCUT2D eigenvalue weighted by Gasteiger charge is -2.32. The largest absolute Gasteiger partial charge is 0.337 e. The fraction of sp³-hybridized carbons (Fsp3) is 0.600. The highest BCUT2D eigenvalue weighted by Crippen LogP contribution is 2.52. The van der Waals surface area contributed by atoms with Crippen molar-refractivity contribution >= 4 is 90.4 Å². The number of thiophene rings is 2. The molecule has 2 aromatic carbocycles. The maximum absolute atomic E-state index is 16.3. The smallest absolute Gasteiger partial charge is 0.261 e. The van der Waals surface area contributed by atoms with Crippen LogP contribution in [0.1, 0.15) is 284 Å². The summed E-state index contributed by atoms with van der Waals surface area (Å²) >= 11 is 6.89. The number of benzene rings is 2. The van der Waals surface area contributed by atoms with E-state index in [9.17, 15) is 0 Å². The van der Waals surface area contributed by atoms with Crippen LogP contribution in [-0.2, 0) is 20.4 Å². The van der Waals surface area contributed by atoms with Crippen LogP contribution in [0.4, 0.5) is 0 Å². The summed E-state index contributed by atoms with van der Waals surface area (Å²) in [5, 5.41) is 4.52. The molecule has 11 heteroatoms. The fourth-order valence-corrected chi connectivity index (χ4v) is 18.6. The molecular weight excluding hydrogens is 1190 g/mol. The normalized spacial score (nSPS) is 15.5. The van der Waals surface area contributed by atoms with Crippen LogP contribution in [0.15, 0.2) is 84.2 Å². The number of aromatic nitrogens is 3. The van der Waals surface area contributed by atoms with E-state index in [-0.39, 0.29) is 28.6 Å². The van der Waals surface area contributed by atoms with Gasteiger partial charge in [-0.2, -0.15) is 0 Å². The maximum atomic E-state index is 16.3. The predicted molar refractivity (Wildman–Crippen MR) is 398 cm³/mol. The third-order valence-electron chi connectivity index (χ3n) is 20.3. The number of nitrogens with zero attached hydrogens (tertiary/aromatic N) is 5. The summed E-state index contributed by atoms with van der Waals surface area (Å²) in [7, 11) is 0. The Kier molecular flexibility index (Phi) is 25.3. The van der Waals surface area contributed by atoms with Crippen molar-refractivity contribution in [3.63, 3.8) is 0 Å². The molecule has 0 spiro atoms. The molecule has 494 valence electrons. The number of hydrogen-bond donors (Lipinski definition) is 0. The zero-order valence-electron chi connectivity index (χ0n) is 58.6. The van der Waals surface area contributed by atoms with E-state index >= 15 is 9.59 Å². The zero-order chi connectivity index (χ0) is 65.0. The minimum Gasteiger partial charge on any atom is -0.337 e. The van der Waals surface area contributed by atoms with Crippen LogP contribution < -0.4 is 0 Å². The van der Waals surface area contributed by atoms with E-state index in [0.717, 1.165) is 105 Å². The molecule has 7 aromatic rings. The van der Waals surface area contributed by atoms with E-state index in [0.29, 0.717) is 48.0 Å². The molecule has 2 amide bonds. The molecular formula is C80H113N5O2S4. The van der Waals surface area contributed by atoms with E-state index in [4.69, 9.17) is 9.97 Å². The highest BCUT2D eigenvalue weighted by atomic mass is 32.1. The summed E-state index contributed by atoms with van der Waals surface area (Å²) in [5.41, 5.74) is 8.03. The number of fused-ring (bicyclic) bond motifs is 4. The summed E-state index contributed by atoms with van der Waals surface area (Å²) in [4.78, 5) is 53.7. The molecule has 2 aliphatic heterocycles. The van der Waals surface area contributed by atoms with Gasteiger partial charge in [0.05, 0.1) is 47.6 Å². The third kappa shape index (κ3) is 16.7. The molecule has 7 heterocycles. The highest BCUT2D eigenvalue weighted by Gasteiger charge is 2.50. The van der Waals surface area contributed by atoms with Crippen molar-refractivity contribution in [2.24, 2.45) is 23.7 Å². The molecule has 9 rings (SSSR count). The van der Waals surface area contributed by atoms with Gasteiger partial charge in [0.25, 0.3) is 11.8 Å². The van der Waals surface area contributed by atoms with Gasteiger partial charge in [0.15, 0.2) is 0 Å². The summed E-state index contributed by atoms with van der Waals surface area (Å²) < 4.78 is 2.73. The van der Waals surface area contributed by atoms with Crippen molar-refractivity contribution in [3.8, 4) is 30.2 Å². The Hall–Kier alpha value is -4.68. The quantitative estimate of drug-likeness (QED) is 0.0364. The summed E-state index contributed by atoms with van der Waals surface area (Å²) in [6.07, 6.45) is 33.3. The first-order valence-corrected chi connectivity index (χ1v) is 39.5. The minimum absolute atomic E-state index is 0.0173. The second kappa shape index (κ2) is 32.6. The average Bonchev–Trinajstić information content (AvgIpc) is 1.56. The molecule has 5 aromatic heterocycles. The Morgan fingerprint density at radius 3 is 1.49 bits per heavy atom. The molecule has 2 aliphatic rings. The SMILES string of the molecule is CCCCCCCCC(CCCCCC)CN1C(=O)C2=C(c3cnc(-c4ccc(-c5ccc6c7ccc(C(C)(C)C)cc7n(C(CCCC)CCCC)c6c5)s4)s3)N(CC(CCCCC)CC(CC)C(C)CC)C(=O)C2=C1c1cnc(-c2ccc(C(C)(C)C)s2)s1. The fourth-order valence-electron chi connectivity index (χ4n) is 14.5. The van der Waals surface area contributed by atoms with Crippen molar-refractivity contribution in [1.29, 1.82) is 0 Å². The van der Waals surface area contributed by atoms with Gasteiger partial charge >= 0.3 is 0 Å². The first-order valence-electron chi connectivity index (χ1n) is 36.2. The van der Waals surface area contributed by atoms with E-state index in [1.54, 1.807) is 45.3 Å². The summed E-state index contributed by atoms with van der Waals surface area (Å²) in [5.74, 6) is 1.68. The summed E-state index contributed by atoms with van der Waals surface area (Å²) in [6, 6.07) is 23.8. The van der Waals surface area contributed by atoms with Crippen molar-refractivity contribution in [2.45, 2.75) is 274 Å². The van der Waals surface area contributed by atoms with Crippen LogP contribution in [0.2, 0.25) is 0 Å². The molecule has 0 saturated carbocycles. The lowest BCUT2D eigenvalue weighted by Crippen LogP contribution is -2.35. The highest BCUT2D eigenvalue weighted by molar-refractivity contribution is 7.24. The van der Waals surface area contributed by atoms with Crippen LogP contribution >= 0.6 is 45.3 Å². The topological polar surface area (TPSA) is 71.3 Å². The molecule has 7 nitrogen and oxygen atoms in total. The predicted octanol–water partition coefficient (Wildman–Crippen LogP) is 25.2. The number of rotatable bonds is 37. The van der Waals surface area contributed by atoms with Gasteiger partial charge in [-0.3, -0.25) is 9.59 Å². The van der Waals surface area contributed by atoms with Gasteiger partial charge in [-0.15, -0.1) is 45.3 Å². The number of amides is 2. The maximum Gasteiger partial charge on any atom is 0.261 e. The molecule has 0 aliphatic carbocycles. The summed E-state index contributed by atoms with van der Waals surface area (Å²) in [6.45, 7) is 33.6. The number of unbranched alkanes of at least 4 members (excludes halogenated alkanes) is 12. The van der Waals surface area contributed by atoms with Gasteiger partial charge < -0.3 is 14.4 Å². The molecule has 0 bridgehead atoms. The Morgan fingerprint density at radius 2 is 0.945 bits per heavy atom. The first kappa shape index (κ1) is 70.6. The van der Waals surface area contributed by atoms with Crippen molar-refractivity contribution in [1.82, 2.24) is 24.3 Å². The van der Waals surface area contributed by atoms with Gasteiger partial charge in [0.1, 0.15) is 10.0 Å². The number of carbonyl (C=O) groups excluding carboxylic acids is 2. The Morgan fingerprint density at radius 1 is 0.462 bits per heavy atom. The minimum atomic E-state index is -0.0353. The lowest BCUT2D eigenvalue weighted by atomic mass is 9.80. The zero-order valence-corrected chi connectivity index (χ0v) is 61.9. The van der Waals surface area contributed by atoms with Crippen molar-refractivity contribution in [2.75, 3.05) is 13.1 Å². The van der Waals surface area contributed by atoms with Gasteiger partial charge in [0.2, 0.25) is 0 Å². The third-order valence-corrected chi connectivity index (χ3v) is 25.3. The number of hydrogen-bond acceptors (Lipinski definition) is 8. The molecule has 0 N–H and O–H groups in total. The number of carbonyl (C=O) groups is 2. The van der Waals surface area contributed by atoms with E-state index in [2.05, 4.69) is 172 Å². The molecule has 0 radical (unpaired) electrons. The molecule has 4 unspecified atom stereocenters. The van der Waals surface area contributed by atoms with Crippen LogP contribution in [0, 0.1) is 23.7 Å². The Bertz CT molecular complexity index is 3560. The second-order valence-electron chi connectivity index (χ2n) is 29.4.